The molecule has 31 heavy (non-hydrogen) atoms. The van der Waals surface area contributed by atoms with E-state index in [1.54, 1.807) is 0 Å². The fraction of sp³-hybridized carbons (Fsp3) is 0.500. The van der Waals surface area contributed by atoms with Gasteiger partial charge in [-0.3, -0.25) is 0 Å². The first-order valence-electron chi connectivity index (χ1n) is 11.0. The Morgan fingerprint density at radius 1 is 1.00 bits per heavy atom. The van der Waals surface area contributed by atoms with Gasteiger partial charge in [-0.1, -0.05) is 75.4 Å². The lowest BCUT2D eigenvalue weighted by Crippen LogP contribution is -2.37. The summed E-state index contributed by atoms with van der Waals surface area (Å²) >= 11 is 0. The third-order valence-electron chi connectivity index (χ3n) is 4.90. The van der Waals surface area contributed by atoms with Gasteiger partial charge in [0.25, 0.3) is 0 Å². The maximum atomic E-state index is 12.3. The Kier molecular flexibility index (Phi) is 8.66. The van der Waals surface area contributed by atoms with Gasteiger partial charge >= 0.3 is 6.09 Å². The lowest BCUT2D eigenvalue weighted by Gasteiger charge is -2.25. The third kappa shape index (κ3) is 9.11. The molecule has 0 radical (unpaired) electrons. The minimum Gasteiger partial charge on any atom is -0.444 e. The Bertz CT molecular complexity index is 823. The van der Waals surface area contributed by atoms with Crippen LogP contribution in [0.4, 0.5) is 4.79 Å². The monoisotopic (exact) mass is 426 g/mol. The smallest absolute Gasteiger partial charge is 0.408 e. The highest BCUT2D eigenvalue weighted by Crippen LogP contribution is 2.23. The lowest BCUT2D eigenvalue weighted by atomic mass is 9.86. The van der Waals surface area contributed by atoms with Gasteiger partial charge in [0.1, 0.15) is 5.60 Å². The fourth-order valence-corrected chi connectivity index (χ4v) is 3.30. The van der Waals surface area contributed by atoms with E-state index in [9.17, 15) is 9.90 Å². The zero-order valence-electron chi connectivity index (χ0n) is 19.7. The van der Waals surface area contributed by atoms with Crippen molar-refractivity contribution < 1.29 is 14.6 Å². The van der Waals surface area contributed by atoms with Gasteiger partial charge in [0.2, 0.25) is 0 Å². The van der Waals surface area contributed by atoms with Gasteiger partial charge in [-0.25, -0.2) is 4.79 Å². The number of amides is 1. The van der Waals surface area contributed by atoms with Gasteiger partial charge in [0.15, 0.2) is 0 Å². The largest absolute Gasteiger partial charge is 0.444 e. The van der Waals surface area contributed by atoms with E-state index in [1.165, 1.54) is 11.1 Å². The summed E-state index contributed by atoms with van der Waals surface area (Å²) in [6.45, 7) is 13.2. The zero-order valence-corrected chi connectivity index (χ0v) is 19.7. The maximum Gasteiger partial charge on any atom is 0.408 e. The van der Waals surface area contributed by atoms with E-state index in [4.69, 9.17) is 4.74 Å². The number of hydrogen-bond donors (Lipinski definition) is 3. The van der Waals surface area contributed by atoms with Crippen LogP contribution in [-0.2, 0) is 16.7 Å². The van der Waals surface area contributed by atoms with Crippen molar-refractivity contribution in [2.45, 2.75) is 77.7 Å². The number of hydrogen-bond acceptors (Lipinski definition) is 4. The SMILES string of the molecule is CC(C)(C)OC(=O)NC(C[C@@H](O)CNCc1cccc(C(C)(C)C)c1)c1ccccc1. The maximum absolute atomic E-state index is 12.3. The summed E-state index contributed by atoms with van der Waals surface area (Å²) in [4.78, 5) is 12.3. The van der Waals surface area contributed by atoms with E-state index in [0.717, 1.165) is 5.56 Å². The van der Waals surface area contributed by atoms with E-state index in [-0.39, 0.29) is 11.5 Å². The third-order valence-corrected chi connectivity index (χ3v) is 4.90. The zero-order chi connectivity index (χ0) is 23.1. The molecule has 0 saturated heterocycles. The molecule has 0 aliphatic rings. The molecular weight excluding hydrogens is 388 g/mol. The highest BCUT2D eigenvalue weighted by atomic mass is 16.6. The standard InChI is InChI=1S/C26H38N2O3/c1-25(2,3)21-14-10-11-19(15-21)17-27-18-22(29)16-23(20-12-8-7-9-13-20)28-24(30)31-26(4,5)6/h7-15,22-23,27,29H,16-18H2,1-6H3,(H,28,30)/t22-,23?/m1/s1. The van der Waals surface area contributed by atoms with Crippen LogP contribution in [0, 0.1) is 0 Å². The number of alkyl carbamates (subject to hydrolysis) is 1. The van der Waals surface area contributed by atoms with Crippen LogP contribution >= 0.6 is 0 Å². The van der Waals surface area contributed by atoms with Crippen LogP contribution in [0.5, 0.6) is 0 Å². The van der Waals surface area contributed by atoms with Crippen LogP contribution in [0.1, 0.15) is 70.7 Å². The van der Waals surface area contributed by atoms with Crippen molar-refractivity contribution in [3.05, 3.63) is 71.3 Å². The Labute approximate surface area is 187 Å². The summed E-state index contributed by atoms with van der Waals surface area (Å²) < 4.78 is 5.40. The first kappa shape index (κ1) is 24.9. The average Bonchev–Trinajstić information content (AvgIpc) is 2.66. The van der Waals surface area contributed by atoms with Crippen molar-refractivity contribution in [3.63, 3.8) is 0 Å². The van der Waals surface area contributed by atoms with E-state index in [1.807, 2.05) is 51.1 Å². The van der Waals surface area contributed by atoms with Gasteiger partial charge in [-0.2, -0.15) is 0 Å². The first-order valence-corrected chi connectivity index (χ1v) is 11.0. The van der Waals surface area contributed by atoms with Crippen molar-refractivity contribution >= 4 is 6.09 Å². The molecule has 0 heterocycles. The molecule has 2 atom stereocenters. The highest BCUT2D eigenvalue weighted by molar-refractivity contribution is 5.68. The molecule has 3 N–H and O–H groups in total. The summed E-state index contributed by atoms with van der Waals surface area (Å²) in [5.74, 6) is 0. The second-order valence-electron chi connectivity index (χ2n) is 10.1. The average molecular weight is 427 g/mol. The number of carbonyl (C=O) groups excluding carboxylic acids is 1. The topological polar surface area (TPSA) is 70.6 Å². The van der Waals surface area contributed by atoms with E-state index < -0.39 is 17.8 Å². The molecule has 5 nitrogen and oxygen atoms in total. The number of carbonyl (C=O) groups is 1. The van der Waals surface area contributed by atoms with Gasteiger partial charge in [-0.05, 0) is 49.3 Å². The second kappa shape index (κ2) is 10.8. The number of aliphatic hydroxyl groups is 1. The second-order valence-corrected chi connectivity index (χ2v) is 10.1. The molecule has 0 spiro atoms. The molecule has 0 aliphatic carbocycles. The first-order chi connectivity index (χ1) is 14.4. The number of ether oxygens (including phenoxy) is 1. The van der Waals surface area contributed by atoms with Crippen molar-refractivity contribution in [1.29, 1.82) is 0 Å². The Hall–Kier alpha value is -2.37. The molecule has 0 fully saturated rings. The van der Waals surface area contributed by atoms with Gasteiger partial charge < -0.3 is 20.5 Å². The lowest BCUT2D eigenvalue weighted by molar-refractivity contribution is 0.0482. The van der Waals surface area contributed by atoms with E-state index in [2.05, 4.69) is 55.7 Å². The van der Waals surface area contributed by atoms with E-state index in [0.29, 0.717) is 19.5 Å². The number of aliphatic hydroxyl groups excluding tert-OH is 1. The molecule has 2 rings (SSSR count). The summed E-state index contributed by atoms with van der Waals surface area (Å²) in [6, 6.07) is 17.8. The normalized spacial score (nSPS) is 14.0. The van der Waals surface area contributed by atoms with Gasteiger partial charge in [-0.15, -0.1) is 0 Å². The molecule has 0 bridgehead atoms. The molecule has 0 saturated carbocycles. The molecule has 2 aromatic carbocycles. The summed E-state index contributed by atoms with van der Waals surface area (Å²) in [5, 5.41) is 16.9. The molecule has 170 valence electrons. The van der Waals surface area contributed by atoms with Crippen molar-refractivity contribution in [2.24, 2.45) is 0 Å². The molecule has 1 unspecified atom stereocenters. The predicted octanol–water partition coefficient (Wildman–Crippen LogP) is 5.09. The van der Waals surface area contributed by atoms with Crippen LogP contribution in [0.2, 0.25) is 0 Å². The van der Waals surface area contributed by atoms with Crippen LogP contribution in [0.3, 0.4) is 0 Å². The number of rotatable bonds is 8. The number of benzene rings is 2. The van der Waals surface area contributed by atoms with Crippen LogP contribution in [-0.4, -0.2) is 29.4 Å². The Morgan fingerprint density at radius 3 is 2.29 bits per heavy atom. The quantitative estimate of drug-likeness (QED) is 0.550. The molecule has 2 aromatic rings. The van der Waals surface area contributed by atoms with Crippen molar-refractivity contribution in [3.8, 4) is 0 Å². The fourth-order valence-electron chi connectivity index (χ4n) is 3.30. The van der Waals surface area contributed by atoms with Crippen LogP contribution in [0.15, 0.2) is 54.6 Å². The van der Waals surface area contributed by atoms with Gasteiger partial charge in [0.05, 0.1) is 12.1 Å². The molecule has 0 aromatic heterocycles. The molecular formula is C26H38N2O3. The van der Waals surface area contributed by atoms with E-state index >= 15 is 0 Å². The van der Waals surface area contributed by atoms with Crippen LogP contribution < -0.4 is 10.6 Å². The Balaban J connectivity index is 1.94. The summed E-state index contributed by atoms with van der Waals surface area (Å²) in [7, 11) is 0. The molecule has 0 aliphatic heterocycles. The van der Waals surface area contributed by atoms with Crippen LogP contribution in [0.25, 0.3) is 0 Å². The summed E-state index contributed by atoms with van der Waals surface area (Å²) in [5.41, 5.74) is 2.94. The molecule has 1 amide bonds. The predicted molar refractivity (Wildman–Crippen MR) is 126 cm³/mol. The summed E-state index contributed by atoms with van der Waals surface area (Å²) in [6.07, 6.45) is -0.718. The van der Waals surface area contributed by atoms with Crippen molar-refractivity contribution in [1.82, 2.24) is 10.6 Å². The molecule has 5 heteroatoms. The van der Waals surface area contributed by atoms with Crippen molar-refractivity contribution in [2.75, 3.05) is 6.54 Å². The minimum absolute atomic E-state index is 0.103. The Morgan fingerprint density at radius 2 is 1.68 bits per heavy atom. The highest BCUT2D eigenvalue weighted by Gasteiger charge is 2.22. The van der Waals surface area contributed by atoms with Gasteiger partial charge in [0, 0.05) is 13.1 Å². The number of nitrogens with one attached hydrogen (secondary N) is 2. The minimum atomic E-state index is -0.619.